The van der Waals surface area contributed by atoms with E-state index >= 15 is 0 Å². The third-order valence-corrected chi connectivity index (χ3v) is 3.92. The molecule has 0 bridgehead atoms. The lowest BCUT2D eigenvalue weighted by molar-refractivity contribution is 0.654. The number of hydrogen-bond donors (Lipinski definition) is 1. The Morgan fingerprint density at radius 1 is 1.82 bits per heavy atom. The van der Waals surface area contributed by atoms with Crippen LogP contribution >= 0.6 is 11.3 Å². The Kier molecular flexibility index (Phi) is 1.55. The SMILES string of the molecule is CC1CC1(CN)c1cccs1. The Hall–Kier alpha value is -0.340. The predicted molar refractivity (Wildman–Crippen MR) is 48.8 cm³/mol. The van der Waals surface area contributed by atoms with Crippen LogP contribution in [-0.4, -0.2) is 6.54 Å². The molecule has 0 amide bonds. The summed E-state index contributed by atoms with van der Waals surface area (Å²) in [5, 5.41) is 2.14. The first-order valence-electron chi connectivity index (χ1n) is 4.03. The standard InChI is InChI=1S/C9H13NS/c1-7-5-9(7,6-10)8-3-2-4-11-8/h2-4,7H,5-6,10H2,1H3. The molecular formula is C9H13NS. The maximum absolute atomic E-state index is 5.76. The molecule has 1 aromatic rings. The third kappa shape index (κ3) is 0.932. The average molecular weight is 167 g/mol. The van der Waals surface area contributed by atoms with E-state index in [0.717, 1.165) is 12.5 Å². The molecule has 1 aromatic heterocycles. The van der Waals surface area contributed by atoms with Gasteiger partial charge in [-0.1, -0.05) is 13.0 Å². The Labute approximate surface area is 71.2 Å². The fourth-order valence-electron chi connectivity index (χ4n) is 1.78. The van der Waals surface area contributed by atoms with E-state index in [-0.39, 0.29) is 0 Å². The van der Waals surface area contributed by atoms with Crippen LogP contribution in [0, 0.1) is 5.92 Å². The molecule has 0 aromatic carbocycles. The summed E-state index contributed by atoms with van der Waals surface area (Å²) in [6.07, 6.45) is 1.28. The van der Waals surface area contributed by atoms with Gasteiger partial charge in [0, 0.05) is 16.8 Å². The summed E-state index contributed by atoms with van der Waals surface area (Å²) in [4.78, 5) is 1.48. The van der Waals surface area contributed by atoms with Crippen molar-refractivity contribution in [3.8, 4) is 0 Å². The molecule has 1 aliphatic rings. The van der Waals surface area contributed by atoms with Crippen LogP contribution in [0.4, 0.5) is 0 Å². The van der Waals surface area contributed by atoms with E-state index in [1.54, 1.807) is 0 Å². The highest BCUT2D eigenvalue weighted by molar-refractivity contribution is 7.10. The Balaban J connectivity index is 2.28. The molecule has 1 heterocycles. The largest absolute Gasteiger partial charge is 0.330 e. The van der Waals surface area contributed by atoms with Gasteiger partial charge in [0.05, 0.1) is 0 Å². The summed E-state index contributed by atoms with van der Waals surface area (Å²) in [7, 11) is 0. The van der Waals surface area contributed by atoms with Crippen molar-refractivity contribution in [2.24, 2.45) is 11.7 Å². The molecule has 2 rings (SSSR count). The van der Waals surface area contributed by atoms with Crippen molar-refractivity contribution in [1.82, 2.24) is 0 Å². The molecule has 1 aliphatic carbocycles. The van der Waals surface area contributed by atoms with Gasteiger partial charge in [0.1, 0.15) is 0 Å². The molecule has 0 aliphatic heterocycles. The van der Waals surface area contributed by atoms with E-state index in [0.29, 0.717) is 5.41 Å². The van der Waals surface area contributed by atoms with Crippen LogP contribution in [0.2, 0.25) is 0 Å². The van der Waals surface area contributed by atoms with Gasteiger partial charge in [-0.05, 0) is 23.8 Å². The maximum atomic E-state index is 5.76. The van der Waals surface area contributed by atoms with Gasteiger partial charge < -0.3 is 5.73 Å². The summed E-state index contributed by atoms with van der Waals surface area (Å²) in [5.41, 5.74) is 6.13. The second-order valence-electron chi connectivity index (χ2n) is 3.44. The molecule has 0 radical (unpaired) electrons. The summed E-state index contributed by atoms with van der Waals surface area (Å²) in [5.74, 6) is 0.797. The van der Waals surface area contributed by atoms with Crippen LogP contribution in [0.3, 0.4) is 0 Å². The molecule has 2 unspecified atom stereocenters. The van der Waals surface area contributed by atoms with Crippen molar-refractivity contribution < 1.29 is 0 Å². The molecule has 0 saturated heterocycles. The van der Waals surface area contributed by atoms with Gasteiger partial charge >= 0.3 is 0 Å². The zero-order valence-electron chi connectivity index (χ0n) is 6.71. The number of thiophene rings is 1. The molecule has 1 fully saturated rings. The van der Waals surface area contributed by atoms with Gasteiger partial charge in [-0.15, -0.1) is 11.3 Å². The van der Waals surface area contributed by atoms with E-state index in [9.17, 15) is 0 Å². The molecule has 1 saturated carbocycles. The highest BCUT2D eigenvalue weighted by atomic mass is 32.1. The second kappa shape index (κ2) is 2.32. The minimum absolute atomic E-state index is 0.369. The lowest BCUT2D eigenvalue weighted by Gasteiger charge is -2.10. The minimum Gasteiger partial charge on any atom is -0.330 e. The molecular weight excluding hydrogens is 154 g/mol. The average Bonchev–Trinajstić information content (AvgIpc) is 2.55. The Morgan fingerprint density at radius 3 is 2.91 bits per heavy atom. The fourth-order valence-corrected chi connectivity index (χ4v) is 2.84. The van der Waals surface area contributed by atoms with Crippen molar-refractivity contribution in [2.75, 3.05) is 6.54 Å². The topological polar surface area (TPSA) is 26.0 Å². The zero-order chi connectivity index (χ0) is 7.90. The number of nitrogens with two attached hydrogens (primary N) is 1. The van der Waals surface area contributed by atoms with Crippen LogP contribution in [0.5, 0.6) is 0 Å². The van der Waals surface area contributed by atoms with E-state index in [4.69, 9.17) is 5.73 Å². The van der Waals surface area contributed by atoms with Crippen molar-refractivity contribution in [1.29, 1.82) is 0 Å². The minimum atomic E-state index is 0.369. The van der Waals surface area contributed by atoms with Gasteiger partial charge in [-0.25, -0.2) is 0 Å². The van der Waals surface area contributed by atoms with Gasteiger partial charge in [0.2, 0.25) is 0 Å². The zero-order valence-corrected chi connectivity index (χ0v) is 7.53. The smallest absolute Gasteiger partial charge is 0.0198 e. The first-order chi connectivity index (χ1) is 5.29. The van der Waals surface area contributed by atoms with E-state index < -0.39 is 0 Å². The monoisotopic (exact) mass is 167 g/mol. The summed E-state index contributed by atoms with van der Waals surface area (Å²) < 4.78 is 0. The summed E-state index contributed by atoms with van der Waals surface area (Å²) >= 11 is 1.84. The normalized spacial score (nSPS) is 35.6. The van der Waals surface area contributed by atoms with Crippen molar-refractivity contribution >= 4 is 11.3 Å². The van der Waals surface area contributed by atoms with E-state index in [1.165, 1.54) is 11.3 Å². The summed E-state index contributed by atoms with van der Waals surface area (Å²) in [6.45, 7) is 3.10. The van der Waals surface area contributed by atoms with Gasteiger partial charge in [-0.3, -0.25) is 0 Å². The molecule has 11 heavy (non-hydrogen) atoms. The number of hydrogen-bond acceptors (Lipinski definition) is 2. The van der Waals surface area contributed by atoms with Crippen molar-refractivity contribution in [3.05, 3.63) is 22.4 Å². The number of rotatable bonds is 2. The van der Waals surface area contributed by atoms with Crippen molar-refractivity contribution in [2.45, 2.75) is 18.8 Å². The Morgan fingerprint density at radius 2 is 2.55 bits per heavy atom. The maximum Gasteiger partial charge on any atom is 0.0198 e. The van der Waals surface area contributed by atoms with Crippen LogP contribution in [0.15, 0.2) is 17.5 Å². The van der Waals surface area contributed by atoms with Crippen LogP contribution in [0.25, 0.3) is 0 Å². The van der Waals surface area contributed by atoms with E-state index in [2.05, 4.69) is 24.4 Å². The van der Waals surface area contributed by atoms with Crippen molar-refractivity contribution in [3.63, 3.8) is 0 Å². The molecule has 1 nitrogen and oxygen atoms in total. The molecule has 2 N–H and O–H groups in total. The predicted octanol–water partition coefficient (Wildman–Crippen LogP) is 1.98. The molecule has 2 atom stereocenters. The lowest BCUT2D eigenvalue weighted by atomic mass is 10.0. The van der Waals surface area contributed by atoms with Crippen LogP contribution < -0.4 is 5.73 Å². The third-order valence-electron chi connectivity index (χ3n) is 2.83. The fraction of sp³-hybridized carbons (Fsp3) is 0.556. The quantitative estimate of drug-likeness (QED) is 0.716. The van der Waals surface area contributed by atoms with Gasteiger partial charge in [0.25, 0.3) is 0 Å². The lowest BCUT2D eigenvalue weighted by Crippen LogP contribution is -2.20. The first kappa shape index (κ1) is 7.32. The molecule has 0 spiro atoms. The van der Waals surface area contributed by atoms with Crippen LogP contribution in [0.1, 0.15) is 18.2 Å². The van der Waals surface area contributed by atoms with Gasteiger partial charge in [0.15, 0.2) is 0 Å². The highest BCUT2D eigenvalue weighted by Gasteiger charge is 2.51. The summed E-state index contributed by atoms with van der Waals surface area (Å²) in [6, 6.07) is 4.32. The van der Waals surface area contributed by atoms with Gasteiger partial charge in [-0.2, -0.15) is 0 Å². The second-order valence-corrected chi connectivity index (χ2v) is 4.39. The Bertz CT molecular complexity index is 238. The molecule has 60 valence electrons. The highest BCUT2D eigenvalue weighted by Crippen LogP contribution is 2.54. The van der Waals surface area contributed by atoms with Crippen LogP contribution in [-0.2, 0) is 5.41 Å². The first-order valence-corrected chi connectivity index (χ1v) is 4.91. The molecule has 2 heteroatoms. The van der Waals surface area contributed by atoms with E-state index in [1.807, 2.05) is 11.3 Å².